The van der Waals surface area contributed by atoms with Gasteiger partial charge in [-0.15, -0.1) is 0 Å². The molecule has 0 aromatic carbocycles. The Kier molecular flexibility index (Phi) is 2.42. The molecule has 11 heavy (non-hydrogen) atoms. The first kappa shape index (κ1) is 8.43. The first-order valence-electron chi connectivity index (χ1n) is 2.62. The molecule has 0 atom stereocenters. The second kappa shape index (κ2) is 3.15. The Hall–Kier alpha value is -0.670. The smallest absolute Gasteiger partial charge is 0.258 e. The van der Waals surface area contributed by atoms with Crippen LogP contribution in [0, 0.1) is 5.95 Å². The number of rotatable bonds is 1. The summed E-state index contributed by atoms with van der Waals surface area (Å²) in [5, 5.41) is -0.974. The molecule has 1 heterocycles. The van der Waals surface area contributed by atoms with Crippen molar-refractivity contribution in [1.82, 2.24) is 4.98 Å². The maximum atomic E-state index is 12.6. The molecule has 0 radical (unpaired) electrons. The first-order chi connectivity index (χ1) is 5.13. The summed E-state index contributed by atoms with van der Waals surface area (Å²) in [5.41, 5.74) is -0.379. The Labute approximate surface area is 71.9 Å². The number of aromatic nitrogens is 1. The van der Waals surface area contributed by atoms with Crippen LogP contribution in [0.15, 0.2) is 12.3 Å². The van der Waals surface area contributed by atoms with Gasteiger partial charge in [0.2, 0.25) is 5.95 Å². The number of hydrogen-bond acceptors (Lipinski definition) is 2. The molecule has 58 valence electrons. The largest absolute Gasteiger partial charge is 0.275 e. The van der Waals surface area contributed by atoms with E-state index in [-0.39, 0.29) is 10.6 Å². The van der Waals surface area contributed by atoms with E-state index >= 15 is 0 Å². The highest BCUT2D eigenvalue weighted by molar-refractivity contribution is 6.68. The third-order valence-corrected chi connectivity index (χ3v) is 1.55. The van der Waals surface area contributed by atoms with Crippen molar-refractivity contribution >= 4 is 28.4 Å². The van der Waals surface area contributed by atoms with Gasteiger partial charge in [-0.1, -0.05) is 11.6 Å². The van der Waals surface area contributed by atoms with Crippen LogP contribution in [0.4, 0.5) is 4.39 Å². The predicted octanol–water partition coefficient (Wildman–Crippen LogP) is 2.25. The van der Waals surface area contributed by atoms with E-state index in [1.165, 1.54) is 6.07 Å². The fourth-order valence-corrected chi connectivity index (χ4v) is 1.04. The summed E-state index contributed by atoms with van der Waals surface area (Å²) < 4.78 is 12.6. The van der Waals surface area contributed by atoms with Gasteiger partial charge in [-0.2, -0.15) is 4.39 Å². The minimum Gasteiger partial charge on any atom is -0.275 e. The minimum absolute atomic E-state index is 0.0301. The van der Waals surface area contributed by atoms with Crippen LogP contribution in [-0.4, -0.2) is 10.2 Å². The van der Waals surface area contributed by atoms with E-state index < -0.39 is 11.2 Å². The lowest BCUT2D eigenvalue weighted by atomic mass is 10.3. The van der Waals surface area contributed by atoms with Crippen molar-refractivity contribution < 1.29 is 9.18 Å². The summed E-state index contributed by atoms with van der Waals surface area (Å²) in [4.78, 5) is 13.7. The summed E-state index contributed by atoms with van der Waals surface area (Å²) in [6.07, 6.45) is 1.15. The molecule has 0 aliphatic rings. The third kappa shape index (κ3) is 1.67. The number of nitrogens with zero attached hydrogens (tertiary/aromatic N) is 1. The molecule has 0 saturated heterocycles. The van der Waals surface area contributed by atoms with E-state index in [1.54, 1.807) is 0 Å². The second-order valence-corrected chi connectivity index (χ2v) is 2.48. The van der Waals surface area contributed by atoms with E-state index in [4.69, 9.17) is 23.2 Å². The monoisotopic (exact) mass is 193 g/mol. The van der Waals surface area contributed by atoms with Gasteiger partial charge in [-0.25, -0.2) is 4.98 Å². The topological polar surface area (TPSA) is 30.0 Å². The Morgan fingerprint density at radius 1 is 1.64 bits per heavy atom. The van der Waals surface area contributed by atoms with Crippen LogP contribution >= 0.6 is 23.2 Å². The molecule has 1 aromatic rings. The normalized spacial score (nSPS) is 9.73. The van der Waals surface area contributed by atoms with E-state index in [2.05, 4.69) is 4.98 Å². The zero-order chi connectivity index (χ0) is 8.43. The fourth-order valence-electron chi connectivity index (χ4n) is 0.590. The van der Waals surface area contributed by atoms with Crippen LogP contribution < -0.4 is 0 Å². The molecular formula is C6H2Cl2FNO. The fraction of sp³-hybridized carbons (Fsp3) is 0. The molecule has 0 fully saturated rings. The van der Waals surface area contributed by atoms with Crippen molar-refractivity contribution in [2.75, 3.05) is 0 Å². The molecule has 0 aliphatic carbocycles. The molecule has 0 N–H and O–H groups in total. The van der Waals surface area contributed by atoms with E-state index in [9.17, 15) is 9.18 Å². The van der Waals surface area contributed by atoms with Gasteiger partial charge in [0.25, 0.3) is 5.24 Å². The molecule has 0 saturated carbocycles. The zero-order valence-corrected chi connectivity index (χ0v) is 6.66. The summed E-state index contributed by atoms with van der Waals surface area (Å²) in [6, 6.07) is 1.29. The molecule has 5 heteroatoms. The Morgan fingerprint density at radius 2 is 2.27 bits per heavy atom. The summed E-state index contributed by atoms with van der Waals surface area (Å²) in [5.74, 6) is -0.947. The maximum absolute atomic E-state index is 12.6. The van der Waals surface area contributed by atoms with Crippen LogP contribution in [0.1, 0.15) is 10.4 Å². The Morgan fingerprint density at radius 3 is 2.64 bits per heavy atom. The number of carbonyl (C=O) groups excluding carboxylic acids is 1. The van der Waals surface area contributed by atoms with Crippen molar-refractivity contribution in [1.29, 1.82) is 0 Å². The molecule has 1 rings (SSSR count). The van der Waals surface area contributed by atoms with Crippen LogP contribution in [0.25, 0.3) is 0 Å². The van der Waals surface area contributed by atoms with Crippen molar-refractivity contribution in [2.24, 2.45) is 0 Å². The lowest BCUT2D eigenvalue weighted by Crippen LogP contribution is -1.97. The molecular weight excluding hydrogens is 192 g/mol. The summed E-state index contributed by atoms with van der Waals surface area (Å²) in [7, 11) is 0. The number of pyridine rings is 1. The maximum Gasteiger partial charge on any atom is 0.258 e. The van der Waals surface area contributed by atoms with Crippen molar-refractivity contribution in [3.63, 3.8) is 0 Å². The standard InChI is InChI=1S/C6H2Cl2FNO/c7-3-1-2-10-6(9)4(3)5(8)11/h1-2H. The lowest BCUT2D eigenvalue weighted by Gasteiger charge is -1.96. The minimum atomic E-state index is -0.947. The van der Waals surface area contributed by atoms with Gasteiger partial charge >= 0.3 is 0 Å². The zero-order valence-electron chi connectivity index (χ0n) is 5.14. The van der Waals surface area contributed by atoms with Crippen LogP contribution in [0.2, 0.25) is 5.02 Å². The number of carbonyl (C=O) groups is 1. The van der Waals surface area contributed by atoms with Gasteiger partial charge in [0.1, 0.15) is 5.56 Å². The van der Waals surface area contributed by atoms with Gasteiger partial charge in [0, 0.05) is 6.20 Å². The molecule has 0 spiro atoms. The van der Waals surface area contributed by atoms with Gasteiger partial charge in [-0.3, -0.25) is 4.79 Å². The average Bonchev–Trinajstić information content (AvgIpc) is 1.85. The first-order valence-corrected chi connectivity index (χ1v) is 3.38. The predicted molar refractivity (Wildman–Crippen MR) is 39.4 cm³/mol. The Bertz CT molecular complexity index is 282. The highest BCUT2D eigenvalue weighted by Crippen LogP contribution is 2.18. The summed E-state index contributed by atoms with van der Waals surface area (Å²) >= 11 is 10.4. The van der Waals surface area contributed by atoms with E-state index in [0.717, 1.165) is 6.20 Å². The molecule has 2 nitrogen and oxygen atoms in total. The van der Waals surface area contributed by atoms with E-state index in [0.29, 0.717) is 0 Å². The Balaban J connectivity index is 3.32. The highest BCUT2D eigenvalue weighted by Gasteiger charge is 2.13. The third-order valence-electron chi connectivity index (χ3n) is 1.05. The van der Waals surface area contributed by atoms with Crippen molar-refractivity contribution in [2.45, 2.75) is 0 Å². The number of halogens is 3. The molecule has 0 amide bonds. The van der Waals surface area contributed by atoms with Gasteiger partial charge in [0.15, 0.2) is 0 Å². The lowest BCUT2D eigenvalue weighted by molar-refractivity contribution is 0.107. The number of hydrogen-bond donors (Lipinski definition) is 0. The highest BCUT2D eigenvalue weighted by atomic mass is 35.5. The molecule has 0 aliphatic heterocycles. The van der Waals surface area contributed by atoms with Crippen LogP contribution in [0.3, 0.4) is 0 Å². The summed E-state index contributed by atoms with van der Waals surface area (Å²) in [6.45, 7) is 0. The second-order valence-electron chi connectivity index (χ2n) is 1.73. The molecule has 1 aromatic heterocycles. The van der Waals surface area contributed by atoms with Gasteiger partial charge in [-0.05, 0) is 17.7 Å². The van der Waals surface area contributed by atoms with Gasteiger partial charge in [0.05, 0.1) is 5.02 Å². The molecule has 0 bridgehead atoms. The van der Waals surface area contributed by atoms with Crippen molar-refractivity contribution in [3.05, 3.63) is 28.8 Å². The van der Waals surface area contributed by atoms with Crippen LogP contribution in [-0.2, 0) is 0 Å². The van der Waals surface area contributed by atoms with E-state index in [1.807, 2.05) is 0 Å². The quantitative estimate of drug-likeness (QED) is 0.506. The van der Waals surface area contributed by atoms with Gasteiger partial charge < -0.3 is 0 Å². The van der Waals surface area contributed by atoms with Crippen LogP contribution in [0.5, 0.6) is 0 Å². The van der Waals surface area contributed by atoms with Crippen molar-refractivity contribution in [3.8, 4) is 0 Å². The average molecular weight is 194 g/mol. The molecule has 0 unspecified atom stereocenters. The SMILES string of the molecule is O=C(Cl)c1c(Cl)ccnc1F.